The van der Waals surface area contributed by atoms with E-state index in [-0.39, 0.29) is 6.42 Å². The van der Waals surface area contributed by atoms with Crippen molar-refractivity contribution in [3.63, 3.8) is 0 Å². The summed E-state index contributed by atoms with van der Waals surface area (Å²) in [6.07, 6.45) is 0.145. The van der Waals surface area contributed by atoms with E-state index in [1.807, 2.05) is 0 Å². The molecule has 2 nitrogen and oxygen atoms in total. The number of ether oxygens (including phenoxy) is 1. The van der Waals surface area contributed by atoms with Crippen molar-refractivity contribution in [3.05, 3.63) is 0 Å². The number of halogens is 3. The molecule has 1 unspecified atom stereocenters. The summed E-state index contributed by atoms with van der Waals surface area (Å²) in [5.41, 5.74) is -0.721. The highest BCUT2D eigenvalue weighted by molar-refractivity contribution is 4.93. The first-order valence-electron chi connectivity index (χ1n) is 5.86. The lowest BCUT2D eigenvalue weighted by atomic mass is 9.78. The van der Waals surface area contributed by atoms with Gasteiger partial charge in [0.15, 0.2) is 0 Å². The van der Waals surface area contributed by atoms with Gasteiger partial charge in [-0.2, -0.15) is 13.2 Å². The molecule has 1 aliphatic carbocycles. The molecule has 16 heavy (non-hydrogen) atoms. The van der Waals surface area contributed by atoms with Crippen LogP contribution in [0.4, 0.5) is 13.2 Å². The third kappa shape index (κ3) is 2.07. The van der Waals surface area contributed by atoms with E-state index in [0.29, 0.717) is 25.7 Å². The normalized spacial score (nSPS) is 35.2. The van der Waals surface area contributed by atoms with Crippen molar-refractivity contribution < 1.29 is 23.0 Å². The Labute approximate surface area is 92.8 Å². The Balaban J connectivity index is 2.14. The molecule has 94 valence electrons. The third-order valence-corrected chi connectivity index (χ3v) is 3.74. The SMILES string of the molecule is OC1(C(F)(F)F)CCCC2(CCCCC2)O1. The molecule has 2 fully saturated rings. The molecule has 0 aromatic rings. The van der Waals surface area contributed by atoms with Crippen molar-refractivity contribution >= 4 is 0 Å². The number of rotatable bonds is 0. The first-order chi connectivity index (χ1) is 7.37. The van der Waals surface area contributed by atoms with Gasteiger partial charge in [-0.15, -0.1) is 0 Å². The van der Waals surface area contributed by atoms with Crippen LogP contribution < -0.4 is 0 Å². The Morgan fingerprint density at radius 2 is 1.44 bits per heavy atom. The highest BCUT2D eigenvalue weighted by atomic mass is 19.4. The van der Waals surface area contributed by atoms with E-state index in [1.54, 1.807) is 0 Å². The van der Waals surface area contributed by atoms with E-state index in [2.05, 4.69) is 0 Å². The van der Waals surface area contributed by atoms with Gasteiger partial charge in [0.05, 0.1) is 5.60 Å². The predicted octanol–water partition coefficient (Wildman–Crippen LogP) is 3.14. The number of hydrogen-bond donors (Lipinski definition) is 1. The van der Waals surface area contributed by atoms with Crippen LogP contribution in [0.5, 0.6) is 0 Å². The fourth-order valence-electron chi connectivity index (χ4n) is 2.86. The maximum absolute atomic E-state index is 12.7. The van der Waals surface area contributed by atoms with Gasteiger partial charge in [-0.05, 0) is 25.7 Å². The number of alkyl halides is 3. The molecular weight excluding hydrogens is 221 g/mol. The van der Waals surface area contributed by atoms with E-state index in [1.165, 1.54) is 0 Å². The summed E-state index contributed by atoms with van der Waals surface area (Å²) in [5.74, 6) is -2.91. The summed E-state index contributed by atoms with van der Waals surface area (Å²) in [5, 5.41) is 9.58. The van der Waals surface area contributed by atoms with Gasteiger partial charge in [-0.25, -0.2) is 0 Å². The van der Waals surface area contributed by atoms with E-state index in [4.69, 9.17) is 4.74 Å². The molecule has 0 aromatic carbocycles. The number of aliphatic hydroxyl groups is 1. The Hall–Kier alpha value is -0.290. The maximum Gasteiger partial charge on any atom is 0.443 e. The van der Waals surface area contributed by atoms with Gasteiger partial charge >= 0.3 is 6.18 Å². The summed E-state index contributed by atoms with van der Waals surface area (Å²) in [6.45, 7) is 0. The Kier molecular flexibility index (Phi) is 2.95. The molecule has 1 atom stereocenters. The summed E-state index contributed by atoms with van der Waals surface area (Å²) in [6, 6.07) is 0. The van der Waals surface area contributed by atoms with E-state index < -0.39 is 17.6 Å². The van der Waals surface area contributed by atoms with E-state index >= 15 is 0 Å². The van der Waals surface area contributed by atoms with Crippen molar-refractivity contribution in [3.8, 4) is 0 Å². The van der Waals surface area contributed by atoms with Crippen LogP contribution >= 0.6 is 0 Å². The van der Waals surface area contributed by atoms with Gasteiger partial charge in [0.25, 0.3) is 5.79 Å². The Bertz CT molecular complexity index is 253. The lowest BCUT2D eigenvalue weighted by molar-refractivity contribution is -0.410. The molecule has 1 heterocycles. The molecule has 1 saturated carbocycles. The monoisotopic (exact) mass is 238 g/mol. The summed E-state index contributed by atoms with van der Waals surface area (Å²) in [4.78, 5) is 0. The molecule has 5 heteroatoms. The zero-order valence-electron chi connectivity index (χ0n) is 9.15. The van der Waals surface area contributed by atoms with Crippen LogP contribution in [0, 0.1) is 0 Å². The smallest absolute Gasteiger partial charge is 0.358 e. The van der Waals surface area contributed by atoms with Crippen LogP contribution in [-0.4, -0.2) is 22.7 Å². The standard InChI is InChI=1S/C11H17F3O2/c12-11(13,14)10(15)8-4-7-9(16-10)5-2-1-3-6-9/h15H,1-8H2. The second-order valence-electron chi connectivity index (χ2n) is 4.98. The minimum absolute atomic E-state index is 0.335. The predicted molar refractivity (Wildman–Crippen MR) is 51.8 cm³/mol. The van der Waals surface area contributed by atoms with Crippen LogP contribution in [0.15, 0.2) is 0 Å². The van der Waals surface area contributed by atoms with Crippen LogP contribution in [-0.2, 0) is 4.74 Å². The van der Waals surface area contributed by atoms with E-state index in [0.717, 1.165) is 19.3 Å². The van der Waals surface area contributed by atoms with Crippen molar-refractivity contribution in [2.75, 3.05) is 0 Å². The maximum atomic E-state index is 12.7. The molecule has 0 radical (unpaired) electrons. The Morgan fingerprint density at radius 1 is 0.875 bits per heavy atom. The molecule has 1 spiro atoms. The van der Waals surface area contributed by atoms with Crippen molar-refractivity contribution in [1.82, 2.24) is 0 Å². The van der Waals surface area contributed by atoms with Crippen molar-refractivity contribution in [2.24, 2.45) is 0 Å². The third-order valence-electron chi connectivity index (χ3n) is 3.74. The fraction of sp³-hybridized carbons (Fsp3) is 1.00. The average Bonchev–Trinajstić information content (AvgIpc) is 2.16. The van der Waals surface area contributed by atoms with Gasteiger partial charge in [0.2, 0.25) is 0 Å². The van der Waals surface area contributed by atoms with Gasteiger partial charge < -0.3 is 9.84 Å². The second-order valence-corrected chi connectivity index (χ2v) is 4.98. The summed E-state index contributed by atoms with van der Waals surface area (Å²) < 4.78 is 43.2. The molecule has 1 saturated heterocycles. The highest BCUT2D eigenvalue weighted by Crippen LogP contribution is 2.48. The molecule has 0 bridgehead atoms. The Morgan fingerprint density at radius 3 is 2.00 bits per heavy atom. The molecule has 2 aliphatic rings. The zero-order chi connectivity index (χ0) is 11.9. The van der Waals surface area contributed by atoms with E-state index in [9.17, 15) is 18.3 Å². The highest BCUT2D eigenvalue weighted by Gasteiger charge is 2.60. The van der Waals surface area contributed by atoms with Crippen LogP contribution in [0.25, 0.3) is 0 Å². The molecule has 2 rings (SSSR count). The number of hydrogen-bond acceptors (Lipinski definition) is 2. The summed E-state index contributed by atoms with van der Waals surface area (Å²) in [7, 11) is 0. The first kappa shape index (κ1) is 12.2. The van der Waals surface area contributed by atoms with Crippen LogP contribution in [0.3, 0.4) is 0 Å². The van der Waals surface area contributed by atoms with Gasteiger partial charge in [-0.3, -0.25) is 0 Å². The van der Waals surface area contributed by atoms with Gasteiger partial charge in [-0.1, -0.05) is 19.3 Å². The fourth-order valence-corrected chi connectivity index (χ4v) is 2.86. The topological polar surface area (TPSA) is 29.5 Å². The van der Waals surface area contributed by atoms with Gasteiger partial charge in [0, 0.05) is 6.42 Å². The molecule has 0 amide bonds. The van der Waals surface area contributed by atoms with Crippen molar-refractivity contribution in [1.29, 1.82) is 0 Å². The summed E-state index contributed by atoms with van der Waals surface area (Å²) >= 11 is 0. The molecule has 0 aromatic heterocycles. The lowest BCUT2D eigenvalue weighted by Crippen LogP contribution is -2.57. The van der Waals surface area contributed by atoms with Crippen molar-refractivity contribution in [2.45, 2.75) is 68.9 Å². The lowest BCUT2D eigenvalue weighted by Gasteiger charge is -2.47. The molecular formula is C11H17F3O2. The van der Waals surface area contributed by atoms with Crippen LogP contribution in [0.1, 0.15) is 51.4 Å². The minimum atomic E-state index is -4.68. The van der Waals surface area contributed by atoms with Crippen LogP contribution in [0.2, 0.25) is 0 Å². The average molecular weight is 238 g/mol. The zero-order valence-corrected chi connectivity index (χ0v) is 9.15. The quantitative estimate of drug-likeness (QED) is 0.702. The molecule has 1 aliphatic heterocycles. The molecule has 1 N–H and O–H groups in total. The largest absolute Gasteiger partial charge is 0.443 e. The second kappa shape index (κ2) is 3.88. The van der Waals surface area contributed by atoms with Gasteiger partial charge in [0.1, 0.15) is 0 Å². The first-order valence-corrected chi connectivity index (χ1v) is 5.86. The minimum Gasteiger partial charge on any atom is -0.358 e.